The number of para-hydroxylation sites is 1. The first-order valence-corrected chi connectivity index (χ1v) is 11.4. The summed E-state index contributed by atoms with van der Waals surface area (Å²) in [4.78, 5) is 18.8. The molecule has 0 bridgehead atoms. The molecule has 5 nitrogen and oxygen atoms in total. The number of fused-ring (bicyclic) bond motifs is 1. The monoisotopic (exact) mass is 388 g/mol. The maximum Gasteiger partial charge on any atom is 0.227 e. The fraction of sp³-hybridized carbons (Fsp3) is 0.619. The Morgan fingerprint density at radius 3 is 3.00 bits per heavy atom. The van der Waals surface area contributed by atoms with Gasteiger partial charge in [0.05, 0.1) is 0 Å². The van der Waals surface area contributed by atoms with Crippen molar-refractivity contribution in [3.8, 4) is 0 Å². The van der Waals surface area contributed by atoms with Gasteiger partial charge in [0.15, 0.2) is 5.96 Å². The van der Waals surface area contributed by atoms with Gasteiger partial charge >= 0.3 is 0 Å². The van der Waals surface area contributed by atoms with Crippen LogP contribution in [0.3, 0.4) is 0 Å². The Kier molecular flexibility index (Phi) is 7.44. The summed E-state index contributed by atoms with van der Waals surface area (Å²) in [5.74, 6) is 1.08. The second-order valence-corrected chi connectivity index (χ2v) is 8.53. The molecule has 1 aromatic rings. The molecule has 3 rings (SSSR count). The summed E-state index contributed by atoms with van der Waals surface area (Å²) >= 11 is 1.97. The minimum absolute atomic E-state index is 0.222. The first kappa shape index (κ1) is 20.1. The van der Waals surface area contributed by atoms with Gasteiger partial charge in [0.2, 0.25) is 5.91 Å². The topological polar surface area (TPSA) is 56.7 Å². The number of carbonyl (C=O) groups is 1. The van der Waals surface area contributed by atoms with Crippen molar-refractivity contribution in [3.05, 3.63) is 29.8 Å². The third-order valence-electron chi connectivity index (χ3n) is 5.57. The molecular formula is C21H32N4OS. The Morgan fingerprint density at radius 1 is 1.33 bits per heavy atom. The van der Waals surface area contributed by atoms with Crippen molar-refractivity contribution < 1.29 is 4.79 Å². The summed E-state index contributed by atoms with van der Waals surface area (Å²) in [6.07, 6.45) is 9.58. The van der Waals surface area contributed by atoms with Crippen molar-refractivity contribution in [2.24, 2.45) is 4.99 Å². The first-order valence-electron chi connectivity index (χ1n) is 10.1. The molecular weight excluding hydrogens is 356 g/mol. The van der Waals surface area contributed by atoms with Gasteiger partial charge in [0, 0.05) is 43.5 Å². The molecule has 1 aliphatic carbocycles. The Labute approximate surface area is 167 Å². The quantitative estimate of drug-likeness (QED) is 0.446. The Morgan fingerprint density at radius 2 is 2.19 bits per heavy atom. The molecule has 0 spiro atoms. The van der Waals surface area contributed by atoms with Crippen LogP contribution >= 0.6 is 11.8 Å². The van der Waals surface area contributed by atoms with Crippen LogP contribution in [0.5, 0.6) is 0 Å². The molecule has 0 aromatic heterocycles. The highest BCUT2D eigenvalue weighted by Crippen LogP contribution is 2.28. The highest BCUT2D eigenvalue weighted by atomic mass is 32.2. The number of benzene rings is 1. The van der Waals surface area contributed by atoms with E-state index in [4.69, 9.17) is 0 Å². The molecule has 27 heavy (non-hydrogen) atoms. The molecule has 2 atom stereocenters. The molecule has 1 amide bonds. The van der Waals surface area contributed by atoms with Gasteiger partial charge in [-0.1, -0.05) is 24.6 Å². The number of nitrogens with one attached hydrogen (secondary N) is 2. The number of guanidine groups is 1. The molecule has 1 aromatic carbocycles. The number of nitrogens with zero attached hydrogens (tertiary/aromatic N) is 2. The number of carbonyl (C=O) groups excluding carboxylic acids is 1. The SMILES string of the molecule is CN=C(NCCCC(=O)N1CCc2ccccc21)NC1CCCC(SC)C1. The van der Waals surface area contributed by atoms with E-state index in [-0.39, 0.29) is 5.91 Å². The van der Waals surface area contributed by atoms with Gasteiger partial charge in [-0.3, -0.25) is 9.79 Å². The lowest BCUT2D eigenvalue weighted by molar-refractivity contribution is -0.118. The zero-order chi connectivity index (χ0) is 19.1. The molecule has 1 fully saturated rings. The van der Waals surface area contributed by atoms with Crippen molar-refractivity contribution in [1.82, 2.24) is 10.6 Å². The average molecular weight is 389 g/mol. The standard InChI is InChI=1S/C21H32N4OS/c1-22-21(24-17-8-5-9-18(15-17)27-2)23-13-6-11-20(26)25-14-12-16-7-3-4-10-19(16)25/h3-4,7,10,17-18H,5-6,8-9,11-15H2,1-2H3,(H2,22,23,24). The number of anilines is 1. The van der Waals surface area contributed by atoms with Crippen LogP contribution in [-0.4, -0.2) is 49.6 Å². The largest absolute Gasteiger partial charge is 0.356 e. The van der Waals surface area contributed by atoms with Crippen LogP contribution < -0.4 is 15.5 Å². The van der Waals surface area contributed by atoms with Crippen LogP contribution in [0.25, 0.3) is 0 Å². The predicted molar refractivity (Wildman–Crippen MR) is 116 cm³/mol. The lowest BCUT2D eigenvalue weighted by Crippen LogP contribution is -2.46. The lowest BCUT2D eigenvalue weighted by atomic mass is 9.95. The number of thioether (sulfide) groups is 1. The Hall–Kier alpha value is -1.69. The van der Waals surface area contributed by atoms with E-state index in [1.165, 1.54) is 31.2 Å². The molecule has 2 aliphatic rings. The van der Waals surface area contributed by atoms with Crippen LogP contribution in [0.15, 0.2) is 29.3 Å². The summed E-state index contributed by atoms with van der Waals surface area (Å²) in [6.45, 7) is 1.58. The minimum Gasteiger partial charge on any atom is -0.356 e. The Bertz CT molecular complexity index is 663. The predicted octanol–water partition coefficient (Wildman–Crippen LogP) is 3.20. The second kappa shape index (κ2) is 10.0. The van der Waals surface area contributed by atoms with Gasteiger partial charge < -0.3 is 15.5 Å². The highest BCUT2D eigenvalue weighted by Gasteiger charge is 2.24. The van der Waals surface area contributed by atoms with Crippen molar-refractivity contribution in [2.45, 2.75) is 56.2 Å². The van der Waals surface area contributed by atoms with E-state index in [1.54, 1.807) is 0 Å². The number of hydrogen-bond acceptors (Lipinski definition) is 3. The summed E-state index contributed by atoms with van der Waals surface area (Å²) < 4.78 is 0. The summed E-state index contributed by atoms with van der Waals surface area (Å²) in [6, 6.07) is 8.73. The van der Waals surface area contributed by atoms with Crippen LogP contribution in [-0.2, 0) is 11.2 Å². The van der Waals surface area contributed by atoms with Crippen LogP contribution in [0.1, 0.15) is 44.1 Å². The van der Waals surface area contributed by atoms with Crippen molar-refractivity contribution in [3.63, 3.8) is 0 Å². The van der Waals surface area contributed by atoms with E-state index in [2.05, 4.69) is 34.0 Å². The van der Waals surface area contributed by atoms with E-state index in [0.717, 1.165) is 42.8 Å². The molecule has 2 unspecified atom stereocenters. The summed E-state index contributed by atoms with van der Waals surface area (Å²) in [5.41, 5.74) is 2.37. The van der Waals surface area contributed by atoms with E-state index in [9.17, 15) is 4.79 Å². The molecule has 1 saturated carbocycles. The Balaban J connectivity index is 1.38. The molecule has 0 saturated heterocycles. The molecule has 1 aliphatic heterocycles. The van der Waals surface area contributed by atoms with Gasteiger partial charge in [0.1, 0.15) is 0 Å². The fourth-order valence-corrected chi connectivity index (χ4v) is 4.88. The van der Waals surface area contributed by atoms with Gasteiger partial charge in [-0.2, -0.15) is 11.8 Å². The molecule has 2 N–H and O–H groups in total. The summed E-state index contributed by atoms with van der Waals surface area (Å²) in [5, 5.41) is 7.69. The van der Waals surface area contributed by atoms with Gasteiger partial charge in [0.25, 0.3) is 0 Å². The summed E-state index contributed by atoms with van der Waals surface area (Å²) in [7, 11) is 1.82. The van der Waals surface area contributed by atoms with Gasteiger partial charge in [-0.25, -0.2) is 0 Å². The minimum atomic E-state index is 0.222. The normalized spacial score (nSPS) is 22.4. The molecule has 1 heterocycles. The third kappa shape index (κ3) is 5.41. The second-order valence-electron chi connectivity index (χ2n) is 7.39. The maximum absolute atomic E-state index is 12.6. The first-order chi connectivity index (χ1) is 13.2. The average Bonchev–Trinajstić information content (AvgIpc) is 3.14. The number of aliphatic imine (C=N–C) groups is 1. The van der Waals surface area contributed by atoms with Gasteiger partial charge in [-0.05, 0) is 50.0 Å². The van der Waals surface area contributed by atoms with E-state index in [0.29, 0.717) is 12.5 Å². The van der Waals surface area contributed by atoms with Crippen LogP contribution in [0.2, 0.25) is 0 Å². The molecule has 0 radical (unpaired) electrons. The van der Waals surface area contributed by atoms with Crippen LogP contribution in [0, 0.1) is 0 Å². The zero-order valence-electron chi connectivity index (χ0n) is 16.5. The van der Waals surface area contributed by atoms with E-state index < -0.39 is 0 Å². The molecule has 148 valence electrons. The highest BCUT2D eigenvalue weighted by molar-refractivity contribution is 7.99. The number of rotatable bonds is 6. The number of hydrogen-bond donors (Lipinski definition) is 2. The lowest BCUT2D eigenvalue weighted by Gasteiger charge is -2.29. The van der Waals surface area contributed by atoms with Crippen molar-refractivity contribution in [2.75, 3.05) is 31.3 Å². The van der Waals surface area contributed by atoms with E-state index in [1.807, 2.05) is 35.8 Å². The maximum atomic E-state index is 12.6. The van der Waals surface area contributed by atoms with Crippen LogP contribution in [0.4, 0.5) is 5.69 Å². The molecule has 6 heteroatoms. The zero-order valence-corrected chi connectivity index (χ0v) is 17.4. The smallest absolute Gasteiger partial charge is 0.227 e. The third-order valence-corrected chi connectivity index (χ3v) is 6.67. The fourth-order valence-electron chi connectivity index (χ4n) is 4.06. The van der Waals surface area contributed by atoms with Gasteiger partial charge in [-0.15, -0.1) is 0 Å². The van der Waals surface area contributed by atoms with Crippen molar-refractivity contribution >= 4 is 29.3 Å². The number of amides is 1. The van der Waals surface area contributed by atoms with Crippen molar-refractivity contribution in [1.29, 1.82) is 0 Å². The van der Waals surface area contributed by atoms with E-state index >= 15 is 0 Å².